The molecule has 1 atom stereocenters. The van der Waals surface area contributed by atoms with E-state index in [9.17, 15) is 19.1 Å². The van der Waals surface area contributed by atoms with Gasteiger partial charge in [-0.3, -0.25) is 14.2 Å². The first-order valence-electron chi connectivity index (χ1n) is 11.1. The standard InChI is InChI=1S/C27H22FNO6/c1-16-12-21-18(13-25(30)31)4-2-6-23(21)29(16)27(32)17-8-10-19(11-9-17)33-14-20-15-34-26-22(28)5-3-7-24(26)35-20/h2-12,20H,13-15H2,1H3,(H,30,31)/t20-/m1/s1. The molecule has 0 unspecified atom stereocenters. The number of aromatic nitrogens is 1. The zero-order valence-corrected chi connectivity index (χ0v) is 18.9. The normalized spacial score (nSPS) is 14.6. The molecule has 7 nitrogen and oxygen atoms in total. The first kappa shape index (κ1) is 22.5. The van der Waals surface area contributed by atoms with Crippen molar-refractivity contribution in [2.45, 2.75) is 19.4 Å². The molecular formula is C27H22FNO6. The minimum atomic E-state index is -0.925. The van der Waals surface area contributed by atoms with E-state index in [0.29, 0.717) is 33.8 Å². The fraction of sp³-hybridized carbons (Fsp3) is 0.185. The smallest absolute Gasteiger partial charge is 0.307 e. The van der Waals surface area contributed by atoms with Gasteiger partial charge in [0.25, 0.3) is 5.91 Å². The van der Waals surface area contributed by atoms with E-state index < -0.39 is 17.9 Å². The minimum absolute atomic E-state index is 0.106. The number of hydrogen-bond acceptors (Lipinski definition) is 5. The van der Waals surface area contributed by atoms with Gasteiger partial charge in [0.05, 0.1) is 11.9 Å². The van der Waals surface area contributed by atoms with Crippen LogP contribution in [-0.4, -0.2) is 40.9 Å². The molecule has 0 saturated heterocycles. The van der Waals surface area contributed by atoms with Crippen LogP contribution in [0, 0.1) is 12.7 Å². The van der Waals surface area contributed by atoms with E-state index in [1.807, 2.05) is 13.0 Å². The van der Waals surface area contributed by atoms with Crippen molar-refractivity contribution >= 4 is 22.8 Å². The zero-order chi connectivity index (χ0) is 24.5. The average Bonchev–Trinajstić information content (AvgIpc) is 3.19. The van der Waals surface area contributed by atoms with Gasteiger partial charge in [0.1, 0.15) is 19.0 Å². The molecular weight excluding hydrogens is 453 g/mol. The number of benzene rings is 3. The lowest BCUT2D eigenvalue weighted by Gasteiger charge is -2.26. The molecule has 4 aromatic rings. The molecule has 8 heteroatoms. The Morgan fingerprint density at radius 1 is 1.11 bits per heavy atom. The van der Waals surface area contributed by atoms with Crippen molar-refractivity contribution in [2.75, 3.05) is 13.2 Å². The Hall–Kier alpha value is -4.33. The number of ether oxygens (including phenoxy) is 3. The molecule has 1 aliphatic heterocycles. The molecule has 178 valence electrons. The first-order valence-corrected chi connectivity index (χ1v) is 11.1. The van der Waals surface area contributed by atoms with Gasteiger partial charge in [-0.1, -0.05) is 18.2 Å². The number of carboxylic acids is 1. The molecule has 1 aromatic heterocycles. The molecule has 1 aliphatic rings. The predicted octanol–water partition coefficient (Wildman–Crippen LogP) is 4.62. The molecule has 0 amide bonds. The molecule has 0 fully saturated rings. The predicted molar refractivity (Wildman–Crippen MR) is 126 cm³/mol. The van der Waals surface area contributed by atoms with Crippen molar-refractivity contribution in [1.29, 1.82) is 0 Å². The number of halogens is 1. The van der Waals surface area contributed by atoms with Crippen LogP contribution in [0.3, 0.4) is 0 Å². The van der Waals surface area contributed by atoms with E-state index >= 15 is 0 Å². The molecule has 0 saturated carbocycles. The molecule has 0 aliphatic carbocycles. The summed E-state index contributed by atoms with van der Waals surface area (Å²) >= 11 is 0. The third-order valence-electron chi connectivity index (χ3n) is 5.84. The van der Waals surface area contributed by atoms with Crippen LogP contribution in [0.25, 0.3) is 10.9 Å². The Morgan fingerprint density at radius 2 is 1.89 bits per heavy atom. The highest BCUT2D eigenvalue weighted by molar-refractivity contribution is 6.04. The SMILES string of the molecule is Cc1cc2c(CC(=O)O)cccc2n1C(=O)c1ccc(OC[C@@H]2COc3c(F)cccc3O2)cc1. The van der Waals surface area contributed by atoms with Crippen LogP contribution in [0.15, 0.2) is 66.7 Å². The topological polar surface area (TPSA) is 87.0 Å². The van der Waals surface area contributed by atoms with Crippen molar-refractivity contribution in [3.8, 4) is 17.2 Å². The van der Waals surface area contributed by atoms with E-state index in [1.165, 1.54) is 6.07 Å². The summed E-state index contributed by atoms with van der Waals surface area (Å²) in [5.74, 6) is -0.620. The Morgan fingerprint density at radius 3 is 2.66 bits per heavy atom. The minimum Gasteiger partial charge on any atom is -0.490 e. The van der Waals surface area contributed by atoms with Crippen molar-refractivity contribution in [3.63, 3.8) is 0 Å². The molecule has 35 heavy (non-hydrogen) atoms. The van der Waals surface area contributed by atoms with E-state index in [0.717, 1.165) is 5.39 Å². The van der Waals surface area contributed by atoms with Gasteiger partial charge < -0.3 is 19.3 Å². The van der Waals surface area contributed by atoms with Crippen LogP contribution in [0.5, 0.6) is 17.2 Å². The largest absolute Gasteiger partial charge is 0.490 e. The van der Waals surface area contributed by atoms with Crippen molar-refractivity contribution < 1.29 is 33.3 Å². The highest BCUT2D eigenvalue weighted by Gasteiger charge is 2.24. The van der Waals surface area contributed by atoms with Crippen LogP contribution >= 0.6 is 0 Å². The Labute approximate surface area is 200 Å². The number of aryl methyl sites for hydroxylation is 1. The summed E-state index contributed by atoms with van der Waals surface area (Å²) in [7, 11) is 0. The van der Waals surface area contributed by atoms with Crippen LogP contribution in [-0.2, 0) is 11.2 Å². The number of para-hydroxylation sites is 1. The van der Waals surface area contributed by atoms with Crippen molar-refractivity contribution in [2.24, 2.45) is 0 Å². The number of fused-ring (bicyclic) bond motifs is 2. The third kappa shape index (κ3) is 4.42. The highest BCUT2D eigenvalue weighted by Crippen LogP contribution is 2.34. The van der Waals surface area contributed by atoms with Gasteiger partial charge >= 0.3 is 5.97 Å². The summed E-state index contributed by atoms with van der Waals surface area (Å²) in [5.41, 5.74) is 2.50. The number of carbonyl (C=O) groups excluding carboxylic acids is 1. The number of hydrogen-bond donors (Lipinski definition) is 1. The Kier molecular flexibility index (Phi) is 5.86. The van der Waals surface area contributed by atoms with Crippen LogP contribution in [0.2, 0.25) is 0 Å². The molecule has 5 rings (SSSR count). The number of carbonyl (C=O) groups is 2. The molecule has 2 heterocycles. The number of rotatable bonds is 6. The summed E-state index contributed by atoms with van der Waals surface area (Å²) in [4.78, 5) is 24.5. The lowest BCUT2D eigenvalue weighted by Crippen LogP contribution is -2.34. The summed E-state index contributed by atoms with van der Waals surface area (Å²) in [6, 6.07) is 18.4. The van der Waals surface area contributed by atoms with Gasteiger partial charge in [-0.15, -0.1) is 0 Å². The van der Waals surface area contributed by atoms with Gasteiger partial charge in [-0.25, -0.2) is 4.39 Å². The zero-order valence-electron chi connectivity index (χ0n) is 18.9. The highest BCUT2D eigenvalue weighted by atomic mass is 19.1. The van der Waals surface area contributed by atoms with E-state index in [2.05, 4.69) is 0 Å². The van der Waals surface area contributed by atoms with Crippen LogP contribution < -0.4 is 14.2 Å². The number of carboxylic acid groups (broad SMARTS) is 1. The average molecular weight is 475 g/mol. The maximum atomic E-state index is 13.7. The van der Waals surface area contributed by atoms with Gasteiger partial charge in [-0.05, 0) is 61.0 Å². The fourth-order valence-corrected chi connectivity index (χ4v) is 4.22. The number of nitrogens with zero attached hydrogens (tertiary/aromatic N) is 1. The summed E-state index contributed by atoms with van der Waals surface area (Å²) in [6.07, 6.45) is -0.517. The second-order valence-corrected chi connectivity index (χ2v) is 8.30. The second-order valence-electron chi connectivity index (χ2n) is 8.30. The van der Waals surface area contributed by atoms with E-state index in [4.69, 9.17) is 14.2 Å². The molecule has 3 aromatic carbocycles. The second kappa shape index (κ2) is 9.13. The fourth-order valence-electron chi connectivity index (χ4n) is 4.22. The van der Waals surface area contributed by atoms with Crippen molar-refractivity contribution in [3.05, 3.63) is 89.4 Å². The van der Waals surface area contributed by atoms with Gasteiger partial charge in [0, 0.05) is 16.6 Å². The number of aliphatic carboxylic acids is 1. The maximum Gasteiger partial charge on any atom is 0.307 e. The monoisotopic (exact) mass is 475 g/mol. The lowest BCUT2D eigenvalue weighted by molar-refractivity contribution is -0.136. The lowest BCUT2D eigenvalue weighted by atomic mass is 10.1. The molecule has 0 spiro atoms. The summed E-state index contributed by atoms with van der Waals surface area (Å²) in [6.45, 7) is 2.17. The van der Waals surface area contributed by atoms with Gasteiger partial charge in [0.2, 0.25) is 0 Å². The Bertz CT molecular complexity index is 1430. The molecule has 0 bridgehead atoms. The molecule has 1 N–H and O–H groups in total. The van der Waals surface area contributed by atoms with Crippen molar-refractivity contribution in [1.82, 2.24) is 4.57 Å². The summed E-state index contributed by atoms with van der Waals surface area (Å²) in [5, 5.41) is 9.93. The van der Waals surface area contributed by atoms with E-state index in [-0.39, 0.29) is 31.3 Å². The van der Waals surface area contributed by atoms with Gasteiger partial charge in [0.15, 0.2) is 23.4 Å². The van der Waals surface area contributed by atoms with E-state index in [1.54, 1.807) is 59.2 Å². The Balaban J connectivity index is 1.29. The van der Waals surface area contributed by atoms with Gasteiger partial charge in [-0.2, -0.15) is 0 Å². The quantitative estimate of drug-likeness (QED) is 0.438. The molecule has 0 radical (unpaired) electrons. The first-order chi connectivity index (χ1) is 16.9. The maximum absolute atomic E-state index is 13.7. The third-order valence-corrected chi connectivity index (χ3v) is 5.84. The van der Waals surface area contributed by atoms with Crippen LogP contribution in [0.1, 0.15) is 21.6 Å². The summed E-state index contributed by atoms with van der Waals surface area (Å²) < 4.78 is 32.3. The van der Waals surface area contributed by atoms with Crippen LogP contribution in [0.4, 0.5) is 4.39 Å².